The number of anilines is 2. The molecule has 28 heavy (non-hydrogen) atoms. The van der Waals surface area contributed by atoms with Crippen molar-refractivity contribution in [2.24, 2.45) is 0 Å². The van der Waals surface area contributed by atoms with Crippen LogP contribution < -0.4 is 10.2 Å². The monoisotopic (exact) mass is 398 g/mol. The Labute approximate surface area is 167 Å². The predicted octanol–water partition coefficient (Wildman–Crippen LogP) is 2.52. The van der Waals surface area contributed by atoms with E-state index in [9.17, 15) is 4.79 Å². The fourth-order valence-electron chi connectivity index (χ4n) is 3.00. The number of rotatable bonds is 6. The molecular weight excluding hydrogens is 376 g/mol. The molecule has 0 unspecified atom stereocenters. The molecular formula is C19H22N6O2S. The summed E-state index contributed by atoms with van der Waals surface area (Å²) in [6.07, 6.45) is 2.46. The second kappa shape index (κ2) is 8.49. The van der Waals surface area contributed by atoms with Crippen LogP contribution in [-0.4, -0.2) is 59.2 Å². The quantitative estimate of drug-likeness (QED) is 0.683. The number of piperazine rings is 1. The normalized spacial score (nSPS) is 15.0. The highest BCUT2D eigenvalue weighted by Crippen LogP contribution is 2.19. The summed E-state index contributed by atoms with van der Waals surface area (Å²) in [7, 11) is 2.13. The summed E-state index contributed by atoms with van der Waals surface area (Å²) < 4.78 is 5.22. The summed E-state index contributed by atoms with van der Waals surface area (Å²) in [4.78, 5) is 25.5. The fraction of sp³-hybridized carbons (Fsp3) is 0.368. The van der Waals surface area contributed by atoms with Gasteiger partial charge in [-0.05, 0) is 30.6 Å². The Morgan fingerprint density at radius 2 is 2.11 bits per heavy atom. The first-order chi connectivity index (χ1) is 13.7. The minimum Gasteiger partial charge on any atom is -0.368 e. The summed E-state index contributed by atoms with van der Waals surface area (Å²) in [5, 5.41) is 10.7. The average molecular weight is 398 g/mol. The van der Waals surface area contributed by atoms with Gasteiger partial charge < -0.3 is 19.6 Å². The Morgan fingerprint density at radius 1 is 1.25 bits per heavy atom. The highest BCUT2D eigenvalue weighted by molar-refractivity contribution is 7.08. The van der Waals surface area contributed by atoms with Crippen LogP contribution in [0.5, 0.6) is 0 Å². The van der Waals surface area contributed by atoms with Crippen molar-refractivity contribution in [3.05, 3.63) is 41.0 Å². The van der Waals surface area contributed by atoms with Crippen LogP contribution in [0.2, 0.25) is 0 Å². The van der Waals surface area contributed by atoms with Gasteiger partial charge in [0.2, 0.25) is 17.6 Å². The van der Waals surface area contributed by atoms with Crippen LogP contribution in [0.3, 0.4) is 0 Å². The van der Waals surface area contributed by atoms with Crippen LogP contribution in [0, 0.1) is 0 Å². The summed E-state index contributed by atoms with van der Waals surface area (Å²) in [6, 6.07) is 5.77. The number of likely N-dealkylation sites (N-methyl/N-ethyl adjacent to an activating group) is 1. The number of hydrogen-bond acceptors (Lipinski definition) is 8. The second-order valence-electron chi connectivity index (χ2n) is 6.76. The van der Waals surface area contributed by atoms with Crippen LogP contribution in [-0.2, 0) is 11.2 Å². The molecule has 0 aliphatic carbocycles. The molecule has 4 heterocycles. The molecule has 4 rings (SSSR count). The fourth-order valence-corrected chi connectivity index (χ4v) is 3.64. The number of hydrogen-bond donors (Lipinski definition) is 1. The maximum absolute atomic E-state index is 12.2. The highest BCUT2D eigenvalue weighted by atomic mass is 32.1. The van der Waals surface area contributed by atoms with Crippen molar-refractivity contribution in [3.8, 4) is 11.4 Å². The van der Waals surface area contributed by atoms with Crippen molar-refractivity contribution in [1.29, 1.82) is 0 Å². The van der Waals surface area contributed by atoms with Crippen LogP contribution in [0.15, 0.2) is 39.7 Å². The first-order valence-electron chi connectivity index (χ1n) is 9.22. The molecule has 1 aliphatic heterocycles. The molecule has 1 aliphatic rings. The zero-order valence-corrected chi connectivity index (χ0v) is 16.5. The maximum Gasteiger partial charge on any atom is 0.227 e. The van der Waals surface area contributed by atoms with Crippen molar-refractivity contribution in [1.82, 2.24) is 20.0 Å². The van der Waals surface area contributed by atoms with Gasteiger partial charge in [0.05, 0.1) is 11.9 Å². The smallest absolute Gasteiger partial charge is 0.227 e. The third kappa shape index (κ3) is 4.55. The average Bonchev–Trinajstić information content (AvgIpc) is 3.39. The molecule has 3 aromatic heterocycles. The molecule has 1 fully saturated rings. The molecule has 0 spiro atoms. The van der Waals surface area contributed by atoms with Crippen LogP contribution in [0.1, 0.15) is 12.3 Å². The molecule has 3 aromatic rings. The van der Waals surface area contributed by atoms with Crippen LogP contribution in [0.4, 0.5) is 11.5 Å². The SMILES string of the molecule is CN1CCN(c2ccc(NC(=O)CCc3nc(-c4ccsc4)no3)nc2)CC1. The maximum atomic E-state index is 12.2. The molecule has 0 atom stereocenters. The Morgan fingerprint density at radius 3 is 2.82 bits per heavy atom. The Balaban J connectivity index is 1.27. The number of aromatic nitrogens is 3. The summed E-state index contributed by atoms with van der Waals surface area (Å²) >= 11 is 1.58. The van der Waals surface area contributed by atoms with E-state index < -0.39 is 0 Å². The van der Waals surface area contributed by atoms with Crippen molar-refractivity contribution < 1.29 is 9.32 Å². The first-order valence-corrected chi connectivity index (χ1v) is 10.2. The van der Waals surface area contributed by atoms with E-state index >= 15 is 0 Å². The zero-order valence-electron chi connectivity index (χ0n) is 15.7. The lowest BCUT2D eigenvalue weighted by atomic mass is 10.2. The molecule has 0 bridgehead atoms. The molecule has 8 nitrogen and oxygen atoms in total. The van der Waals surface area contributed by atoms with E-state index in [1.54, 1.807) is 11.3 Å². The van der Waals surface area contributed by atoms with E-state index in [0.29, 0.717) is 24.0 Å². The van der Waals surface area contributed by atoms with E-state index in [0.717, 1.165) is 37.4 Å². The van der Waals surface area contributed by atoms with E-state index in [1.807, 2.05) is 35.2 Å². The number of nitrogens with one attached hydrogen (secondary N) is 1. The molecule has 146 valence electrons. The zero-order chi connectivity index (χ0) is 19.3. The number of pyridine rings is 1. The van der Waals surface area contributed by atoms with E-state index in [1.165, 1.54) is 0 Å². The standard InChI is InChI=1S/C19H22N6O2S/c1-24-7-9-25(10-8-24)15-2-3-16(20-12-15)21-17(26)4-5-18-22-19(23-27-18)14-6-11-28-13-14/h2-3,6,11-13H,4-5,7-10H2,1H3,(H,20,21,26). The molecule has 1 saturated heterocycles. The number of thiophene rings is 1. The van der Waals surface area contributed by atoms with Gasteiger partial charge in [0, 0.05) is 50.0 Å². The van der Waals surface area contributed by atoms with E-state index in [4.69, 9.17) is 4.52 Å². The number of carbonyl (C=O) groups excluding carboxylic acids is 1. The number of aryl methyl sites for hydroxylation is 1. The number of amides is 1. The van der Waals surface area contributed by atoms with Crippen LogP contribution >= 0.6 is 11.3 Å². The summed E-state index contributed by atoms with van der Waals surface area (Å²) in [6.45, 7) is 4.06. The van der Waals surface area contributed by atoms with Gasteiger partial charge in [-0.25, -0.2) is 4.98 Å². The van der Waals surface area contributed by atoms with Gasteiger partial charge in [-0.2, -0.15) is 16.3 Å². The summed E-state index contributed by atoms with van der Waals surface area (Å²) in [5.74, 6) is 1.43. The highest BCUT2D eigenvalue weighted by Gasteiger charge is 2.15. The third-order valence-corrected chi connectivity index (χ3v) is 5.38. The molecule has 1 N–H and O–H groups in total. The molecule has 0 saturated carbocycles. The molecule has 1 amide bonds. The first kappa shape index (κ1) is 18.6. The minimum absolute atomic E-state index is 0.130. The van der Waals surface area contributed by atoms with Crippen molar-refractivity contribution in [2.45, 2.75) is 12.8 Å². The Hall–Kier alpha value is -2.78. The topological polar surface area (TPSA) is 87.4 Å². The van der Waals surface area contributed by atoms with Gasteiger partial charge in [-0.1, -0.05) is 5.16 Å². The van der Waals surface area contributed by atoms with Crippen molar-refractivity contribution in [2.75, 3.05) is 43.4 Å². The van der Waals surface area contributed by atoms with Gasteiger partial charge >= 0.3 is 0 Å². The van der Waals surface area contributed by atoms with E-state index in [-0.39, 0.29) is 12.3 Å². The predicted molar refractivity (Wildman–Crippen MR) is 109 cm³/mol. The molecule has 0 radical (unpaired) electrons. The number of nitrogens with zero attached hydrogens (tertiary/aromatic N) is 5. The third-order valence-electron chi connectivity index (χ3n) is 4.70. The van der Waals surface area contributed by atoms with E-state index in [2.05, 4.69) is 37.3 Å². The van der Waals surface area contributed by atoms with Crippen LogP contribution in [0.25, 0.3) is 11.4 Å². The van der Waals surface area contributed by atoms with Gasteiger partial charge in [-0.15, -0.1) is 0 Å². The lowest BCUT2D eigenvalue weighted by Gasteiger charge is -2.33. The largest absolute Gasteiger partial charge is 0.368 e. The van der Waals surface area contributed by atoms with Gasteiger partial charge in [0.1, 0.15) is 5.82 Å². The van der Waals surface area contributed by atoms with Gasteiger partial charge in [-0.3, -0.25) is 4.79 Å². The van der Waals surface area contributed by atoms with Crippen molar-refractivity contribution in [3.63, 3.8) is 0 Å². The molecule has 9 heteroatoms. The molecule has 0 aromatic carbocycles. The lowest BCUT2D eigenvalue weighted by Crippen LogP contribution is -2.44. The van der Waals surface area contributed by atoms with Gasteiger partial charge in [0.15, 0.2) is 0 Å². The summed E-state index contributed by atoms with van der Waals surface area (Å²) in [5.41, 5.74) is 2.01. The van der Waals surface area contributed by atoms with Gasteiger partial charge in [0.25, 0.3) is 0 Å². The lowest BCUT2D eigenvalue weighted by molar-refractivity contribution is -0.116. The Bertz CT molecular complexity index is 901. The Kier molecular flexibility index (Phi) is 5.63. The number of carbonyl (C=O) groups is 1. The second-order valence-corrected chi connectivity index (χ2v) is 7.54. The minimum atomic E-state index is -0.130. The van der Waals surface area contributed by atoms with Crippen molar-refractivity contribution >= 4 is 28.7 Å².